The van der Waals surface area contributed by atoms with Gasteiger partial charge in [0, 0.05) is 41.4 Å². The molecule has 5 nitrogen and oxygen atoms in total. The Kier molecular flexibility index (Phi) is 5.26. The van der Waals surface area contributed by atoms with Gasteiger partial charge in [0.25, 0.3) is 0 Å². The van der Waals surface area contributed by atoms with Crippen LogP contribution in [0.1, 0.15) is 30.9 Å². The van der Waals surface area contributed by atoms with Crippen LogP contribution >= 0.6 is 11.8 Å². The molecule has 31 heavy (non-hydrogen) atoms. The van der Waals surface area contributed by atoms with E-state index in [0.29, 0.717) is 0 Å². The van der Waals surface area contributed by atoms with Crippen LogP contribution < -0.4 is 15.5 Å². The van der Waals surface area contributed by atoms with Gasteiger partial charge in [-0.3, -0.25) is 0 Å². The van der Waals surface area contributed by atoms with Crippen LogP contribution in [0.4, 0.5) is 11.8 Å². The lowest BCUT2D eigenvalue weighted by Gasteiger charge is -2.23. The Bertz CT molecular complexity index is 1140. The third-order valence-electron chi connectivity index (χ3n) is 6.00. The fraction of sp³-hybridized carbons (Fsp3) is 0.360. The average molecular weight is 432 g/mol. The maximum Gasteiger partial charge on any atom is 0.228 e. The third kappa shape index (κ3) is 4.35. The molecule has 0 atom stereocenters. The molecule has 1 fully saturated rings. The molecule has 2 heterocycles. The number of fused-ring (bicyclic) bond motifs is 2. The standard InChI is InChI=1S/C25H29N5S/c1-17(2)29-25(10-11-25)16-26-23-20-14-18(3)8-9-21(20)27-24(28-23)30-12-13-31-22-7-5-4-6-19(22)15-30/h4-9,14,29H,1,10-13,15-16H2,2-3H3,(H,26,27,28). The zero-order chi connectivity index (χ0) is 21.4. The van der Waals surface area contributed by atoms with E-state index in [2.05, 4.69) is 71.5 Å². The van der Waals surface area contributed by atoms with Gasteiger partial charge in [-0.2, -0.15) is 4.98 Å². The summed E-state index contributed by atoms with van der Waals surface area (Å²) in [7, 11) is 0. The molecule has 0 spiro atoms. The van der Waals surface area contributed by atoms with E-state index >= 15 is 0 Å². The summed E-state index contributed by atoms with van der Waals surface area (Å²) in [6.07, 6.45) is 2.31. The minimum absolute atomic E-state index is 0.102. The van der Waals surface area contributed by atoms with E-state index < -0.39 is 0 Å². The Balaban J connectivity index is 1.48. The smallest absolute Gasteiger partial charge is 0.228 e. The highest BCUT2D eigenvalue weighted by Crippen LogP contribution is 2.37. The second kappa shape index (κ2) is 8.08. The molecule has 160 valence electrons. The molecule has 1 aromatic heterocycles. The quantitative estimate of drug-likeness (QED) is 0.565. The molecule has 2 aromatic carbocycles. The maximum atomic E-state index is 5.03. The van der Waals surface area contributed by atoms with Gasteiger partial charge in [0.2, 0.25) is 5.95 Å². The van der Waals surface area contributed by atoms with Crippen LogP contribution in [0, 0.1) is 6.92 Å². The van der Waals surface area contributed by atoms with Crippen LogP contribution in [-0.4, -0.2) is 34.3 Å². The predicted molar refractivity (Wildman–Crippen MR) is 131 cm³/mol. The van der Waals surface area contributed by atoms with Crippen molar-refractivity contribution in [2.45, 2.75) is 43.7 Å². The Hall–Kier alpha value is -2.73. The monoisotopic (exact) mass is 431 g/mol. The first kappa shape index (κ1) is 20.2. The number of aryl methyl sites for hydroxylation is 1. The molecule has 0 bridgehead atoms. The van der Waals surface area contributed by atoms with Gasteiger partial charge in [-0.1, -0.05) is 36.4 Å². The number of benzene rings is 2. The fourth-order valence-corrected chi connectivity index (χ4v) is 5.23. The van der Waals surface area contributed by atoms with E-state index in [0.717, 1.165) is 66.6 Å². The van der Waals surface area contributed by atoms with Crippen LogP contribution in [-0.2, 0) is 6.54 Å². The van der Waals surface area contributed by atoms with E-state index in [4.69, 9.17) is 9.97 Å². The molecule has 1 saturated carbocycles. The lowest BCUT2D eigenvalue weighted by atomic mass is 10.1. The number of aromatic nitrogens is 2. The van der Waals surface area contributed by atoms with E-state index in [9.17, 15) is 0 Å². The average Bonchev–Trinajstić information content (AvgIpc) is 3.54. The van der Waals surface area contributed by atoms with Crippen molar-refractivity contribution in [2.75, 3.05) is 29.1 Å². The molecule has 2 N–H and O–H groups in total. The number of hydrogen-bond donors (Lipinski definition) is 2. The molecule has 0 radical (unpaired) electrons. The number of thioether (sulfide) groups is 1. The van der Waals surface area contributed by atoms with Gasteiger partial charge in [-0.05, 0) is 50.5 Å². The lowest BCUT2D eigenvalue weighted by Crippen LogP contribution is -2.36. The molecule has 1 aliphatic heterocycles. The normalized spacial score (nSPS) is 17.0. The molecule has 1 aliphatic carbocycles. The zero-order valence-corrected chi connectivity index (χ0v) is 19.1. The first-order valence-electron chi connectivity index (χ1n) is 10.9. The number of nitrogens with zero attached hydrogens (tertiary/aromatic N) is 3. The summed E-state index contributed by atoms with van der Waals surface area (Å²) < 4.78 is 0. The lowest BCUT2D eigenvalue weighted by molar-refractivity contribution is 0.582. The highest BCUT2D eigenvalue weighted by molar-refractivity contribution is 7.99. The van der Waals surface area contributed by atoms with Crippen LogP contribution in [0.25, 0.3) is 10.9 Å². The minimum atomic E-state index is 0.102. The molecule has 0 saturated heterocycles. The van der Waals surface area contributed by atoms with Gasteiger partial charge < -0.3 is 15.5 Å². The second-order valence-electron chi connectivity index (χ2n) is 8.81. The molecule has 2 aliphatic rings. The summed E-state index contributed by atoms with van der Waals surface area (Å²) >= 11 is 1.92. The molecule has 5 rings (SSSR count). The van der Waals surface area contributed by atoms with E-state index in [1.54, 1.807) is 0 Å². The fourth-order valence-electron chi connectivity index (χ4n) is 4.21. The highest BCUT2D eigenvalue weighted by atomic mass is 32.2. The van der Waals surface area contributed by atoms with Crippen molar-refractivity contribution >= 4 is 34.4 Å². The van der Waals surface area contributed by atoms with Gasteiger partial charge in [0.05, 0.1) is 11.1 Å². The first-order chi connectivity index (χ1) is 15.0. The van der Waals surface area contributed by atoms with Gasteiger partial charge >= 0.3 is 0 Å². The zero-order valence-electron chi connectivity index (χ0n) is 18.2. The van der Waals surface area contributed by atoms with Crippen LogP contribution in [0.5, 0.6) is 0 Å². The van der Waals surface area contributed by atoms with Crippen molar-refractivity contribution in [3.63, 3.8) is 0 Å². The maximum absolute atomic E-state index is 5.03. The van der Waals surface area contributed by atoms with Crippen molar-refractivity contribution in [2.24, 2.45) is 0 Å². The van der Waals surface area contributed by atoms with Crippen molar-refractivity contribution in [1.82, 2.24) is 15.3 Å². The first-order valence-corrected chi connectivity index (χ1v) is 11.9. The summed E-state index contributed by atoms with van der Waals surface area (Å²) in [5, 5.41) is 8.28. The van der Waals surface area contributed by atoms with Crippen LogP contribution in [0.15, 0.2) is 59.6 Å². The van der Waals surface area contributed by atoms with Crippen LogP contribution in [0.3, 0.4) is 0 Å². The van der Waals surface area contributed by atoms with Gasteiger partial charge in [0.1, 0.15) is 5.82 Å². The molecule has 0 unspecified atom stereocenters. The SMILES string of the molecule is C=C(C)NC1(CNc2nc(N3CCSc4ccccc4C3)nc3ccc(C)cc23)CC1. The van der Waals surface area contributed by atoms with Gasteiger partial charge in [-0.25, -0.2) is 4.98 Å². The second-order valence-corrected chi connectivity index (χ2v) is 9.95. The molecule has 6 heteroatoms. The Labute approximate surface area is 188 Å². The number of nitrogens with one attached hydrogen (secondary N) is 2. The summed E-state index contributed by atoms with van der Waals surface area (Å²) in [6.45, 7) is 10.8. The van der Waals surface area contributed by atoms with Crippen molar-refractivity contribution in [1.29, 1.82) is 0 Å². The van der Waals surface area contributed by atoms with Gasteiger partial charge in [0.15, 0.2) is 0 Å². The van der Waals surface area contributed by atoms with Crippen LogP contribution in [0.2, 0.25) is 0 Å². The highest BCUT2D eigenvalue weighted by Gasteiger charge is 2.42. The number of allylic oxidation sites excluding steroid dienone is 1. The van der Waals surface area contributed by atoms with E-state index in [1.807, 2.05) is 18.7 Å². The predicted octanol–water partition coefficient (Wildman–Crippen LogP) is 5.12. The summed E-state index contributed by atoms with van der Waals surface area (Å²) in [6, 6.07) is 15.1. The summed E-state index contributed by atoms with van der Waals surface area (Å²) in [4.78, 5) is 13.7. The molecule has 0 amide bonds. The van der Waals surface area contributed by atoms with E-state index in [-0.39, 0.29) is 5.54 Å². The molecular weight excluding hydrogens is 402 g/mol. The third-order valence-corrected chi connectivity index (χ3v) is 7.10. The summed E-state index contributed by atoms with van der Waals surface area (Å²) in [5.74, 6) is 2.75. The topological polar surface area (TPSA) is 53.1 Å². The Morgan fingerprint density at radius 3 is 2.84 bits per heavy atom. The molecule has 3 aromatic rings. The number of rotatable bonds is 6. The number of hydrogen-bond acceptors (Lipinski definition) is 6. The largest absolute Gasteiger partial charge is 0.382 e. The Morgan fingerprint density at radius 1 is 1.19 bits per heavy atom. The van der Waals surface area contributed by atoms with Crippen molar-refractivity contribution in [3.05, 3.63) is 65.9 Å². The summed E-state index contributed by atoms with van der Waals surface area (Å²) in [5.41, 5.74) is 4.67. The minimum Gasteiger partial charge on any atom is -0.382 e. The van der Waals surface area contributed by atoms with Crippen molar-refractivity contribution < 1.29 is 0 Å². The van der Waals surface area contributed by atoms with Gasteiger partial charge in [-0.15, -0.1) is 11.8 Å². The van der Waals surface area contributed by atoms with Crippen molar-refractivity contribution in [3.8, 4) is 0 Å². The number of anilines is 2. The molecular formula is C25H29N5S. The van der Waals surface area contributed by atoms with E-state index in [1.165, 1.54) is 16.0 Å². The Morgan fingerprint density at radius 2 is 2.03 bits per heavy atom.